The van der Waals surface area contributed by atoms with Crippen LogP contribution in [0.3, 0.4) is 0 Å². The number of carbonyl (C=O) groups is 2. The second-order valence-electron chi connectivity index (χ2n) is 5.86. The molecule has 0 spiro atoms. The maximum atomic E-state index is 12.3. The molecule has 0 bridgehead atoms. The Kier molecular flexibility index (Phi) is 5.09. The summed E-state index contributed by atoms with van der Waals surface area (Å²) in [6.45, 7) is 2.39. The van der Waals surface area contributed by atoms with Crippen molar-refractivity contribution in [2.75, 3.05) is 11.9 Å². The second-order valence-corrected chi connectivity index (χ2v) is 5.86. The van der Waals surface area contributed by atoms with Crippen molar-refractivity contribution in [1.82, 2.24) is 15.1 Å². The average Bonchev–Trinajstić information content (AvgIpc) is 3.09. The lowest BCUT2D eigenvalue weighted by atomic mass is 10.2. The summed E-state index contributed by atoms with van der Waals surface area (Å²) in [7, 11) is 0. The first-order valence-corrected chi connectivity index (χ1v) is 8.15. The van der Waals surface area contributed by atoms with Gasteiger partial charge in [-0.1, -0.05) is 42.5 Å². The molecule has 0 aliphatic carbocycles. The van der Waals surface area contributed by atoms with Crippen molar-refractivity contribution in [2.45, 2.75) is 19.9 Å². The van der Waals surface area contributed by atoms with Crippen molar-refractivity contribution in [2.24, 2.45) is 0 Å². The highest BCUT2D eigenvalue weighted by molar-refractivity contribution is 6.00. The Morgan fingerprint density at radius 1 is 1.12 bits per heavy atom. The average molecular weight is 336 g/mol. The van der Waals surface area contributed by atoms with E-state index in [-0.39, 0.29) is 18.2 Å². The highest BCUT2D eigenvalue weighted by atomic mass is 16.2. The van der Waals surface area contributed by atoms with Gasteiger partial charge >= 0.3 is 0 Å². The van der Waals surface area contributed by atoms with Crippen molar-refractivity contribution in [3.05, 3.63) is 60.3 Å². The van der Waals surface area contributed by atoms with E-state index in [0.717, 1.165) is 16.5 Å². The topological polar surface area (TPSA) is 78.1 Å². The van der Waals surface area contributed by atoms with Gasteiger partial charge in [0, 0.05) is 31.8 Å². The van der Waals surface area contributed by atoms with Crippen molar-refractivity contribution in [1.29, 1.82) is 0 Å². The largest absolute Gasteiger partial charge is 0.338 e. The number of para-hydroxylation sites is 1. The first kappa shape index (κ1) is 16.7. The molecule has 3 aromatic rings. The zero-order valence-electron chi connectivity index (χ0n) is 14.0. The third-order valence-electron chi connectivity index (χ3n) is 4.02. The molecule has 128 valence electrons. The number of anilines is 1. The van der Waals surface area contributed by atoms with E-state index >= 15 is 0 Å². The normalized spacial score (nSPS) is 10.6. The summed E-state index contributed by atoms with van der Waals surface area (Å²) >= 11 is 0. The van der Waals surface area contributed by atoms with Gasteiger partial charge in [-0.25, -0.2) is 0 Å². The smallest absolute Gasteiger partial charge is 0.226 e. The summed E-state index contributed by atoms with van der Waals surface area (Å²) in [4.78, 5) is 25.8. The van der Waals surface area contributed by atoms with Crippen LogP contribution in [0.2, 0.25) is 0 Å². The molecular weight excluding hydrogens is 316 g/mol. The van der Waals surface area contributed by atoms with Gasteiger partial charge in [-0.3, -0.25) is 14.7 Å². The highest BCUT2D eigenvalue weighted by Crippen LogP contribution is 2.20. The third kappa shape index (κ3) is 4.23. The van der Waals surface area contributed by atoms with Crippen LogP contribution in [0.5, 0.6) is 0 Å². The SMILES string of the molecule is CC(=O)N(CCC(=O)Nc1cccc2cn[nH]c12)Cc1ccccc1. The fraction of sp³-hybridized carbons (Fsp3) is 0.211. The van der Waals surface area contributed by atoms with E-state index < -0.39 is 0 Å². The number of fused-ring (bicyclic) bond motifs is 1. The van der Waals surface area contributed by atoms with E-state index in [1.807, 2.05) is 48.5 Å². The summed E-state index contributed by atoms with van der Waals surface area (Å²) in [6.07, 6.45) is 1.94. The quantitative estimate of drug-likeness (QED) is 0.726. The van der Waals surface area contributed by atoms with Crippen LogP contribution in [0, 0.1) is 0 Å². The molecule has 1 aromatic heterocycles. The molecule has 1 heterocycles. The summed E-state index contributed by atoms with van der Waals surface area (Å²) in [5.41, 5.74) is 2.53. The minimum atomic E-state index is -0.138. The van der Waals surface area contributed by atoms with Gasteiger partial charge < -0.3 is 10.2 Å². The van der Waals surface area contributed by atoms with Crippen LogP contribution >= 0.6 is 0 Å². The minimum absolute atomic E-state index is 0.0488. The second kappa shape index (κ2) is 7.61. The van der Waals surface area contributed by atoms with E-state index in [1.54, 1.807) is 11.1 Å². The van der Waals surface area contributed by atoms with E-state index in [9.17, 15) is 9.59 Å². The predicted molar refractivity (Wildman–Crippen MR) is 96.9 cm³/mol. The molecule has 0 aliphatic rings. The molecular formula is C19H20N4O2. The van der Waals surface area contributed by atoms with Crippen LogP contribution in [-0.2, 0) is 16.1 Å². The van der Waals surface area contributed by atoms with Crippen LogP contribution in [-0.4, -0.2) is 33.5 Å². The van der Waals surface area contributed by atoms with E-state index in [0.29, 0.717) is 18.8 Å². The molecule has 0 fully saturated rings. The number of carbonyl (C=O) groups excluding carboxylic acids is 2. The monoisotopic (exact) mass is 336 g/mol. The fourth-order valence-electron chi connectivity index (χ4n) is 2.67. The molecule has 25 heavy (non-hydrogen) atoms. The Morgan fingerprint density at radius 2 is 1.92 bits per heavy atom. The number of amides is 2. The number of nitrogens with zero attached hydrogens (tertiary/aromatic N) is 2. The first-order valence-electron chi connectivity index (χ1n) is 8.15. The number of hydrogen-bond donors (Lipinski definition) is 2. The zero-order valence-corrected chi connectivity index (χ0v) is 14.0. The van der Waals surface area contributed by atoms with E-state index in [1.165, 1.54) is 6.92 Å². The number of hydrogen-bond acceptors (Lipinski definition) is 3. The Labute approximate surface area is 145 Å². The molecule has 0 atom stereocenters. The van der Waals surface area contributed by atoms with Crippen LogP contribution in [0.4, 0.5) is 5.69 Å². The zero-order chi connectivity index (χ0) is 17.6. The third-order valence-corrected chi connectivity index (χ3v) is 4.02. The van der Waals surface area contributed by atoms with Gasteiger partial charge in [0.25, 0.3) is 0 Å². The maximum absolute atomic E-state index is 12.3. The number of aromatic nitrogens is 2. The van der Waals surface area contributed by atoms with Crippen molar-refractivity contribution >= 4 is 28.4 Å². The highest BCUT2D eigenvalue weighted by Gasteiger charge is 2.13. The number of rotatable bonds is 6. The number of nitrogens with one attached hydrogen (secondary N) is 2. The molecule has 0 saturated carbocycles. The van der Waals surface area contributed by atoms with Crippen molar-refractivity contribution in [3.63, 3.8) is 0 Å². The van der Waals surface area contributed by atoms with Gasteiger partial charge in [-0.15, -0.1) is 0 Å². The lowest BCUT2D eigenvalue weighted by Gasteiger charge is -2.21. The number of H-pyrrole nitrogens is 1. The summed E-state index contributed by atoms with van der Waals surface area (Å²) in [5, 5.41) is 10.7. The standard InChI is InChI=1S/C19H20N4O2/c1-14(24)23(13-15-6-3-2-4-7-15)11-10-18(25)21-17-9-5-8-16-12-20-22-19(16)17/h2-9,12H,10-11,13H2,1H3,(H,20,22)(H,21,25). The molecule has 0 aliphatic heterocycles. The lowest BCUT2D eigenvalue weighted by molar-refractivity contribution is -0.129. The molecule has 3 rings (SSSR count). The predicted octanol–water partition coefficient (Wildman–Crippen LogP) is 2.94. The van der Waals surface area contributed by atoms with Gasteiger partial charge in [0.05, 0.1) is 17.4 Å². The van der Waals surface area contributed by atoms with Crippen molar-refractivity contribution in [3.8, 4) is 0 Å². The maximum Gasteiger partial charge on any atom is 0.226 e. The Bertz CT molecular complexity index is 873. The molecule has 0 unspecified atom stereocenters. The van der Waals surface area contributed by atoms with E-state index in [4.69, 9.17) is 0 Å². The molecule has 2 N–H and O–H groups in total. The summed E-state index contributed by atoms with van der Waals surface area (Å²) in [5.74, 6) is -0.186. The van der Waals surface area contributed by atoms with Crippen LogP contribution in [0.1, 0.15) is 18.9 Å². The number of aromatic amines is 1. The van der Waals surface area contributed by atoms with Gasteiger partial charge in [-0.05, 0) is 11.6 Å². The Hall–Kier alpha value is -3.15. The summed E-state index contributed by atoms with van der Waals surface area (Å²) < 4.78 is 0. The first-order chi connectivity index (χ1) is 12.1. The van der Waals surface area contributed by atoms with Crippen LogP contribution in [0.25, 0.3) is 10.9 Å². The van der Waals surface area contributed by atoms with Crippen LogP contribution in [0.15, 0.2) is 54.7 Å². The minimum Gasteiger partial charge on any atom is -0.338 e. The lowest BCUT2D eigenvalue weighted by Crippen LogP contribution is -2.31. The molecule has 6 heteroatoms. The van der Waals surface area contributed by atoms with Gasteiger partial charge in [0.2, 0.25) is 11.8 Å². The van der Waals surface area contributed by atoms with Crippen molar-refractivity contribution < 1.29 is 9.59 Å². The van der Waals surface area contributed by atoms with Crippen LogP contribution < -0.4 is 5.32 Å². The van der Waals surface area contributed by atoms with Gasteiger partial charge in [0.15, 0.2) is 0 Å². The van der Waals surface area contributed by atoms with Gasteiger partial charge in [-0.2, -0.15) is 5.10 Å². The Balaban J connectivity index is 1.60. The summed E-state index contributed by atoms with van der Waals surface area (Å²) in [6, 6.07) is 15.4. The molecule has 6 nitrogen and oxygen atoms in total. The molecule has 0 radical (unpaired) electrons. The molecule has 2 amide bonds. The molecule has 2 aromatic carbocycles. The van der Waals surface area contributed by atoms with Gasteiger partial charge in [0.1, 0.15) is 0 Å². The fourth-order valence-corrected chi connectivity index (χ4v) is 2.67. The Morgan fingerprint density at radius 3 is 2.68 bits per heavy atom. The van der Waals surface area contributed by atoms with E-state index in [2.05, 4.69) is 15.5 Å². The number of benzene rings is 2. The molecule has 0 saturated heterocycles.